The molecule has 4 aromatic rings. The Hall–Kier alpha value is -3.64. The lowest BCUT2D eigenvalue weighted by atomic mass is 10.2. The second-order valence-electron chi connectivity index (χ2n) is 7.63. The summed E-state index contributed by atoms with van der Waals surface area (Å²) in [5.41, 5.74) is 3.22. The minimum absolute atomic E-state index is 0.168. The van der Waals surface area contributed by atoms with Gasteiger partial charge >= 0.3 is 5.97 Å². The molecule has 0 radical (unpaired) electrons. The third-order valence-corrected chi connectivity index (χ3v) is 5.83. The Bertz CT molecular complexity index is 1320. The second-order valence-corrected chi connectivity index (χ2v) is 8.04. The maximum Gasteiger partial charge on any atom is 0.354 e. The van der Waals surface area contributed by atoms with Gasteiger partial charge in [0, 0.05) is 22.0 Å². The molecule has 5 rings (SSSR count). The molecule has 0 amide bonds. The summed E-state index contributed by atoms with van der Waals surface area (Å²) in [5, 5.41) is 1.42. The van der Waals surface area contributed by atoms with Crippen molar-refractivity contribution in [1.82, 2.24) is 4.57 Å². The van der Waals surface area contributed by atoms with Crippen molar-refractivity contribution in [3.05, 3.63) is 88.6 Å². The van der Waals surface area contributed by atoms with Gasteiger partial charge in [0.15, 0.2) is 11.5 Å². The molecule has 0 N–H and O–H groups in total. The molecule has 0 saturated heterocycles. The molecular formula is C26H22ClNO5. The highest BCUT2D eigenvalue weighted by atomic mass is 35.5. The number of ether oxygens (including phenoxy) is 4. The molecule has 0 atom stereocenters. The van der Waals surface area contributed by atoms with Gasteiger partial charge in [0.25, 0.3) is 0 Å². The largest absolute Gasteiger partial charge is 0.489 e. The Morgan fingerprint density at radius 1 is 1.03 bits per heavy atom. The van der Waals surface area contributed by atoms with Crippen molar-refractivity contribution in [3.8, 4) is 17.2 Å². The van der Waals surface area contributed by atoms with E-state index in [-0.39, 0.29) is 13.4 Å². The van der Waals surface area contributed by atoms with Crippen LogP contribution in [0, 0.1) is 0 Å². The summed E-state index contributed by atoms with van der Waals surface area (Å²) in [6.07, 6.45) is 0. The number of fused-ring (bicyclic) bond motifs is 2. The Kier molecular flexibility index (Phi) is 5.84. The summed E-state index contributed by atoms with van der Waals surface area (Å²) in [5.74, 6) is 1.59. The van der Waals surface area contributed by atoms with E-state index in [1.54, 1.807) is 13.0 Å². The molecule has 3 aromatic carbocycles. The van der Waals surface area contributed by atoms with Crippen LogP contribution in [0.5, 0.6) is 17.2 Å². The third-order valence-electron chi connectivity index (χ3n) is 5.48. The van der Waals surface area contributed by atoms with Crippen LogP contribution >= 0.6 is 11.6 Å². The number of carbonyl (C=O) groups is 1. The Balaban J connectivity index is 1.49. The molecule has 0 saturated carbocycles. The molecule has 168 valence electrons. The fourth-order valence-electron chi connectivity index (χ4n) is 3.87. The molecule has 0 fully saturated rings. The Morgan fingerprint density at radius 3 is 2.61 bits per heavy atom. The quantitative estimate of drug-likeness (QED) is 0.323. The molecule has 6 nitrogen and oxygen atoms in total. The van der Waals surface area contributed by atoms with E-state index in [1.165, 1.54) is 0 Å². The number of esters is 1. The van der Waals surface area contributed by atoms with Gasteiger partial charge in [0.05, 0.1) is 13.2 Å². The second kappa shape index (κ2) is 9.08. The summed E-state index contributed by atoms with van der Waals surface area (Å²) in [6, 6.07) is 21.2. The van der Waals surface area contributed by atoms with E-state index in [1.807, 2.05) is 65.2 Å². The van der Waals surface area contributed by atoms with Crippen LogP contribution in [0.1, 0.15) is 28.5 Å². The molecule has 1 aromatic heterocycles. The number of benzene rings is 3. The summed E-state index contributed by atoms with van der Waals surface area (Å²) in [4.78, 5) is 12.7. The first kappa shape index (κ1) is 21.2. The van der Waals surface area contributed by atoms with Crippen molar-refractivity contribution in [2.45, 2.75) is 20.1 Å². The zero-order valence-electron chi connectivity index (χ0n) is 18.0. The predicted molar refractivity (Wildman–Crippen MR) is 125 cm³/mol. The minimum atomic E-state index is -0.391. The van der Waals surface area contributed by atoms with E-state index in [2.05, 4.69) is 0 Å². The van der Waals surface area contributed by atoms with E-state index in [9.17, 15) is 4.79 Å². The molecule has 7 heteroatoms. The van der Waals surface area contributed by atoms with Gasteiger partial charge in [-0.2, -0.15) is 0 Å². The third kappa shape index (κ3) is 4.34. The van der Waals surface area contributed by atoms with Crippen LogP contribution in [0.2, 0.25) is 5.02 Å². The maximum absolute atomic E-state index is 12.7. The number of carbonyl (C=O) groups excluding carboxylic acids is 1. The number of nitrogens with zero attached hydrogens (tertiary/aromatic N) is 1. The van der Waals surface area contributed by atoms with Crippen LogP contribution in [0.15, 0.2) is 66.7 Å². The average Bonchev–Trinajstić information content (AvgIpc) is 3.42. The lowest BCUT2D eigenvalue weighted by molar-refractivity contribution is 0.0515. The molecule has 0 bridgehead atoms. The first-order valence-electron chi connectivity index (χ1n) is 10.7. The van der Waals surface area contributed by atoms with E-state index in [0.717, 1.165) is 27.8 Å². The smallest absolute Gasteiger partial charge is 0.354 e. The van der Waals surface area contributed by atoms with E-state index >= 15 is 0 Å². The normalized spacial score (nSPS) is 12.2. The number of halogens is 1. The predicted octanol–water partition coefficient (Wildman–Crippen LogP) is 5.83. The minimum Gasteiger partial charge on any atom is -0.489 e. The van der Waals surface area contributed by atoms with Crippen molar-refractivity contribution < 1.29 is 23.7 Å². The van der Waals surface area contributed by atoms with Gasteiger partial charge < -0.3 is 23.5 Å². The topological polar surface area (TPSA) is 58.9 Å². The lowest BCUT2D eigenvalue weighted by Crippen LogP contribution is -2.13. The summed E-state index contributed by atoms with van der Waals surface area (Å²) in [7, 11) is 0. The fraction of sp³-hybridized carbons (Fsp3) is 0.192. The van der Waals surface area contributed by atoms with Crippen molar-refractivity contribution in [2.24, 2.45) is 0 Å². The summed E-state index contributed by atoms with van der Waals surface area (Å²) < 4.78 is 24.1. The van der Waals surface area contributed by atoms with Crippen LogP contribution in [0.25, 0.3) is 10.9 Å². The van der Waals surface area contributed by atoms with Gasteiger partial charge in [0.1, 0.15) is 18.1 Å². The lowest BCUT2D eigenvalue weighted by Gasteiger charge is -2.13. The summed E-state index contributed by atoms with van der Waals surface area (Å²) in [6.45, 7) is 3.08. The number of aromatic nitrogens is 1. The zero-order valence-corrected chi connectivity index (χ0v) is 18.8. The van der Waals surface area contributed by atoms with Crippen LogP contribution in [-0.4, -0.2) is 23.9 Å². The highest BCUT2D eigenvalue weighted by molar-refractivity contribution is 6.31. The van der Waals surface area contributed by atoms with Gasteiger partial charge in [-0.05, 0) is 48.4 Å². The zero-order chi connectivity index (χ0) is 22.8. The average molecular weight is 464 g/mol. The van der Waals surface area contributed by atoms with E-state index in [4.69, 9.17) is 30.5 Å². The first-order chi connectivity index (χ1) is 16.1. The molecule has 1 aliphatic heterocycles. The maximum atomic E-state index is 12.7. The Labute approximate surface area is 196 Å². The molecule has 0 spiro atoms. The highest BCUT2D eigenvalue weighted by Crippen LogP contribution is 2.38. The molecular weight excluding hydrogens is 442 g/mol. The van der Waals surface area contributed by atoms with Crippen molar-refractivity contribution in [2.75, 3.05) is 13.4 Å². The van der Waals surface area contributed by atoms with Crippen LogP contribution < -0.4 is 14.2 Å². The molecule has 33 heavy (non-hydrogen) atoms. The van der Waals surface area contributed by atoms with Crippen molar-refractivity contribution in [1.29, 1.82) is 0 Å². The van der Waals surface area contributed by atoms with Gasteiger partial charge in [0.2, 0.25) is 6.79 Å². The number of rotatable bonds is 7. The van der Waals surface area contributed by atoms with Crippen LogP contribution in [0.3, 0.4) is 0 Å². The SMILES string of the molecule is CCOC(=O)c1cc2cc(OCc3ccccc3)ccc2n1Cc1cc2c(cc1Cl)OCO2. The number of hydrogen-bond donors (Lipinski definition) is 0. The fourth-order valence-corrected chi connectivity index (χ4v) is 4.09. The van der Waals surface area contributed by atoms with E-state index < -0.39 is 5.97 Å². The first-order valence-corrected chi connectivity index (χ1v) is 11.1. The molecule has 1 aliphatic rings. The van der Waals surface area contributed by atoms with E-state index in [0.29, 0.717) is 35.4 Å². The van der Waals surface area contributed by atoms with Gasteiger partial charge in [-0.15, -0.1) is 0 Å². The Morgan fingerprint density at radius 2 is 1.82 bits per heavy atom. The highest BCUT2D eigenvalue weighted by Gasteiger charge is 2.21. The van der Waals surface area contributed by atoms with Gasteiger partial charge in [-0.25, -0.2) is 4.79 Å². The monoisotopic (exact) mass is 463 g/mol. The van der Waals surface area contributed by atoms with Crippen molar-refractivity contribution >= 4 is 28.5 Å². The van der Waals surface area contributed by atoms with Crippen LogP contribution in [0.4, 0.5) is 0 Å². The van der Waals surface area contributed by atoms with Gasteiger partial charge in [-0.1, -0.05) is 41.9 Å². The number of hydrogen-bond acceptors (Lipinski definition) is 5. The van der Waals surface area contributed by atoms with Crippen molar-refractivity contribution in [3.63, 3.8) is 0 Å². The standard InChI is InChI=1S/C26H22ClNO5/c1-2-30-26(29)23-11-18-10-20(31-15-17-6-4-3-5-7-17)8-9-22(18)28(23)14-19-12-24-25(13-21(19)27)33-16-32-24/h3-13H,2,14-16H2,1H3. The molecule has 0 unspecified atom stereocenters. The van der Waals surface area contributed by atoms with Gasteiger partial charge in [-0.3, -0.25) is 0 Å². The molecule has 2 heterocycles. The van der Waals surface area contributed by atoms with Crippen LogP contribution in [-0.2, 0) is 17.9 Å². The summed E-state index contributed by atoms with van der Waals surface area (Å²) >= 11 is 6.51. The molecule has 0 aliphatic carbocycles.